The molecule has 33 heavy (non-hydrogen) atoms. The molecule has 6 N–H and O–H groups in total. The number of carbonyl (C=O) groups is 3. The standard InChI is InChI=1S/C22H22O11/c1-5-11-13(17(26)8(32-5)4-10(24)25)20(29)14-15(18(11)27)21(30)16-12(19(14)28)7-3-9(23)22(16,31)6(2)33-7/h5-9,17,23,26-27,29,31H,3-4H2,1-2H3,(H,24,25)/t5-,6-,7-,8-,9+,17+,22+/m0/s1. The minimum Gasteiger partial charge on any atom is -0.507 e. The van der Waals surface area contributed by atoms with Crippen molar-refractivity contribution in [2.75, 3.05) is 0 Å². The summed E-state index contributed by atoms with van der Waals surface area (Å²) in [4.78, 5) is 38.2. The van der Waals surface area contributed by atoms with Crippen molar-refractivity contribution in [3.05, 3.63) is 33.4 Å². The number of aromatic hydroxyl groups is 2. The molecule has 1 saturated heterocycles. The van der Waals surface area contributed by atoms with E-state index in [1.807, 2.05) is 0 Å². The van der Waals surface area contributed by atoms with E-state index in [0.29, 0.717) is 0 Å². The van der Waals surface area contributed by atoms with E-state index in [0.717, 1.165) is 0 Å². The first kappa shape index (κ1) is 22.0. The summed E-state index contributed by atoms with van der Waals surface area (Å²) in [6, 6.07) is 0. The Labute approximate surface area is 186 Å². The summed E-state index contributed by atoms with van der Waals surface area (Å²) in [5.74, 6) is -4.61. The number of fused-ring (bicyclic) bond motifs is 4. The Hall–Kier alpha value is -2.83. The number of carbonyl (C=O) groups excluding carboxylic acids is 2. The third-order valence-electron chi connectivity index (χ3n) is 7.18. The molecular formula is C22H22O11. The highest BCUT2D eigenvalue weighted by Crippen LogP contribution is 2.55. The quantitative estimate of drug-likeness (QED) is 0.325. The number of phenolic OH excluding ortho intramolecular Hbond substituents is 2. The first-order chi connectivity index (χ1) is 15.4. The van der Waals surface area contributed by atoms with Crippen LogP contribution in [0.3, 0.4) is 0 Å². The van der Waals surface area contributed by atoms with Crippen LogP contribution in [-0.2, 0) is 14.3 Å². The van der Waals surface area contributed by atoms with Crippen molar-refractivity contribution in [1.29, 1.82) is 0 Å². The SMILES string of the molecule is C[C@@H]1O[C@@H](CC(=O)O)[C@@H](O)c2c(O)c3c(c(O)c21)C(=O)C1=C(C3=O)[C@@H]2C[C@@H](O)[C@]1(O)[C@H](C)O2. The average molecular weight is 462 g/mol. The van der Waals surface area contributed by atoms with Crippen LogP contribution in [0.5, 0.6) is 11.5 Å². The number of Topliss-reactive ketones (excluding diaryl/α,β-unsaturated/α-hetero) is 2. The Balaban J connectivity index is 1.76. The first-order valence-electron chi connectivity index (χ1n) is 10.5. The minimum absolute atomic E-state index is 0.153. The Bertz CT molecular complexity index is 1150. The lowest BCUT2D eigenvalue weighted by molar-refractivity contribution is -0.207. The molecule has 5 aliphatic rings. The van der Waals surface area contributed by atoms with E-state index in [9.17, 15) is 39.9 Å². The number of aliphatic carboxylic acids is 1. The number of carboxylic acid groups (broad SMARTS) is 1. The van der Waals surface area contributed by atoms with Gasteiger partial charge in [-0.25, -0.2) is 0 Å². The Morgan fingerprint density at radius 3 is 2.24 bits per heavy atom. The summed E-state index contributed by atoms with van der Waals surface area (Å²) in [6.07, 6.45) is -8.21. The maximum absolute atomic E-state index is 13.6. The fraction of sp³-hybridized carbons (Fsp3) is 0.500. The lowest BCUT2D eigenvalue weighted by atomic mass is 9.63. The smallest absolute Gasteiger partial charge is 0.306 e. The third kappa shape index (κ3) is 2.59. The van der Waals surface area contributed by atoms with Gasteiger partial charge in [-0.15, -0.1) is 0 Å². The number of hydrogen-bond donors (Lipinski definition) is 6. The largest absolute Gasteiger partial charge is 0.507 e. The fourth-order valence-electron chi connectivity index (χ4n) is 5.65. The number of ketones is 2. The first-order valence-corrected chi connectivity index (χ1v) is 10.5. The molecule has 3 heterocycles. The molecule has 2 aliphatic carbocycles. The van der Waals surface area contributed by atoms with Crippen LogP contribution in [0.4, 0.5) is 0 Å². The summed E-state index contributed by atoms with van der Waals surface area (Å²) < 4.78 is 11.1. The Morgan fingerprint density at radius 2 is 1.64 bits per heavy atom. The van der Waals surface area contributed by atoms with Gasteiger partial charge in [-0.3, -0.25) is 14.4 Å². The molecule has 0 spiro atoms. The summed E-state index contributed by atoms with van der Waals surface area (Å²) >= 11 is 0. The van der Waals surface area contributed by atoms with E-state index < -0.39 is 88.8 Å². The number of carboxylic acids is 1. The van der Waals surface area contributed by atoms with E-state index in [2.05, 4.69) is 0 Å². The second-order valence-corrected chi connectivity index (χ2v) is 8.92. The molecule has 11 heteroatoms. The van der Waals surface area contributed by atoms with Gasteiger partial charge in [-0.05, 0) is 13.8 Å². The van der Waals surface area contributed by atoms with Crippen LogP contribution in [0.1, 0.15) is 70.7 Å². The number of ether oxygens (including phenoxy) is 2. The van der Waals surface area contributed by atoms with Gasteiger partial charge in [0, 0.05) is 28.7 Å². The van der Waals surface area contributed by atoms with Gasteiger partial charge in [-0.1, -0.05) is 0 Å². The molecule has 0 radical (unpaired) electrons. The van der Waals surface area contributed by atoms with Gasteiger partial charge >= 0.3 is 5.97 Å². The third-order valence-corrected chi connectivity index (χ3v) is 7.18. The molecule has 1 aromatic rings. The van der Waals surface area contributed by atoms with E-state index in [1.165, 1.54) is 13.8 Å². The highest BCUT2D eigenvalue weighted by atomic mass is 16.5. The highest BCUT2D eigenvalue weighted by molar-refractivity contribution is 6.30. The molecular weight excluding hydrogens is 440 g/mol. The number of benzene rings is 1. The van der Waals surface area contributed by atoms with Crippen molar-refractivity contribution in [1.82, 2.24) is 0 Å². The zero-order valence-corrected chi connectivity index (χ0v) is 17.6. The summed E-state index contributed by atoms with van der Waals surface area (Å²) in [5.41, 5.74) is -4.40. The molecule has 0 aromatic heterocycles. The minimum atomic E-state index is -2.19. The van der Waals surface area contributed by atoms with Gasteiger partial charge in [-0.2, -0.15) is 0 Å². The second kappa shape index (κ2) is 6.84. The molecule has 0 saturated carbocycles. The predicted octanol–water partition coefficient (Wildman–Crippen LogP) is 0.0243. The van der Waals surface area contributed by atoms with Gasteiger partial charge in [0.2, 0.25) is 0 Å². The van der Waals surface area contributed by atoms with Crippen molar-refractivity contribution in [2.45, 2.75) is 68.9 Å². The number of rotatable bonds is 2. The second-order valence-electron chi connectivity index (χ2n) is 8.92. The summed E-state index contributed by atoms with van der Waals surface area (Å²) in [6.45, 7) is 2.88. The number of aliphatic hydroxyl groups excluding tert-OH is 2. The predicted molar refractivity (Wildman–Crippen MR) is 106 cm³/mol. The number of hydrogen-bond acceptors (Lipinski definition) is 10. The maximum atomic E-state index is 13.6. The molecule has 0 unspecified atom stereocenters. The van der Waals surface area contributed by atoms with Crippen LogP contribution in [0, 0.1) is 0 Å². The van der Waals surface area contributed by atoms with Crippen molar-refractivity contribution in [3.63, 3.8) is 0 Å². The van der Waals surface area contributed by atoms with Crippen LogP contribution in [0.25, 0.3) is 0 Å². The Morgan fingerprint density at radius 1 is 1.03 bits per heavy atom. The number of aliphatic hydroxyl groups is 3. The average Bonchev–Trinajstić information content (AvgIpc) is 2.72. The van der Waals surface area contributed by atoms with Crippen molar-refractivity contribution in [2.24, 2.45) is 0 Å². The van der Waals surface area contributed by atoms with Crippen LogP contribution in [0.15, 0.2) is 11.1 Å². The van der Waals surface area contributed by atoms with E-state index in [-0.39, 0.29) is 28.7 Å². The van der Waals surface area contributed by atoms with Gasteiger partial charge in [0.15, 0.2) is 11.6 Å². The molecule has 1 fully saturated rings. The van der Waals surface area contributed by atoms with Crippen molar-refractivity contribution >= 4 is 17.5 Å². The van der Waals surface area contributed by atoms with Gasteiger partial charge < -0.3 is 40.1 Å². The van der Waals surface area contributed by atoms with Crippen molar-refractivity contribution in [3.8, 4) is 11.5 Å². The van der Waals surface area contributed by atoms with Crippen LogP contribution in [-0.4, -0.2) is 78.2 Å². The van der Waals surface area contributed by atoms with Crippen molar-refractivity contribution < 1.29 is 54.5 Å². The topological polar surface area (TPSA) is 191 Å². The van der Waals surface area contributed by atoms with E-state index in [1.54, 1.807) is 0 Å². The molecule has 6 rings (SSSR count). The zero-order chi connectivity index (χ0) is 24.1. The van der Waals surface area contributed by atoms with Gasteiger partial charge in [0.1, 0.15) is 23.2 Å². The van der Waals surface area contributed by atoms with Crippen LogP contribution < -0.4 is 0 Å². The molecule has 0 amide bonds. The van der Waals surface area contributed by atoms with E-state index >= 15 is 0 Å². The number of phenols is 2. The summed E-state index contributed by atoms with van der Waals surface area (Å²) in [5, 5.41) is 63.6. The lowest BCUT2D eigenvalue weighted by Gasteiger charge is -2.52. The highest BCUT2D eigenvalue weighted by Gasteiger charge is 2.62. The Kier molecular flexibility index (Phi) is 4.56. The zero-order valence-electron chi connectivity index (χ0n) is 17.6. The molecule has 176 valence electrons. The van der Waals surface area contributed by atoms with Gasteiger partial charge in [0.25, 0.3) is 0 Å². The maximum Gasteiger partial charge on any atom is 0.306 e. The molecule has 3 aliphatic heterocycles. The van der Waals surface area contributed by atoms with Gasteiger partial charge in [0.05, 0.1) is 48.1 Å². The molecule has 7 atom stereocenters. The summed E-state index contributed by atoms with van der Waals surface area (Å²) in [7, 11) is 0. The van der Waals surface area contributed by atoms with Crippen LogP contribution >= 0.6 is 0 Å². The van der Waals surface area contributed by atoms with Crippen LogP contribution in [0.2, 0.25) is 0 Å². The molecule has 2 bridgehead atoms. The van der Waals surface area contributed by atoms with E-state index in [4.69, 9.17) is 14.6 Å². The molecule has 11 nitrogen and oxygen atoms in total. The monoisotopic (exact) mass is 462 g/mol. The normalized spacial score (nSPS) is 37.0. The fourth-order valence-corrected chi connectivity index (χ4v) is 5.65. The lowest BCUT2D eigenvalue weighted by Crippen LogP contribution is -2.66. The molecule has 1 aromatic carbocycles.